The van der Waals surface area contributed by atoms with E-state index in [9.17, 15) is 22.8 Å². The monoisotopic (exact) mass is 218 g/mol. The number of hydrogen-bond acceptors (Lipinski definition) is 2. The van der Waals surface area contributed by atoms with Crippen LogP contribution in [-0.4, -0.2) is 16.9 Å². The molecule has 15 heavy (non-hydrogen) atoms. The number of ketones is 1. The first kappa shape index (κ1) is 11.2. The Labute approximate surface area is 82.1 Å². The molecule has 3 nitrogen and oxygen atoms in total. The Morgan fingerprint density at radius 1 is 1.07 bits per heavy atom. The lowest BCUT2D eigenvalue weighted by Crippen LogP contribution is -2.10. The number of benzene rings is 1. The summed E-state index contributed by atoms with van der Waals surface area (Å²) in [6.07, 6.45) is -0.970. The van der Waals surface area contributed by atoms with Crippen LogP contribution in [0.3, 0.4) is 0 Å². The number of hydrogen-bond donors (Lipinski definition) is 1. The molecule has 0 heterocycles. The van der Waals surface area contributed by atoms with Gasteiger partial charge in [-0.05, 0) is 6.07 Å². The highest BCUT2D eigenvalue weighted by molar-refractivity contribution is 6.05. The van der Waals surface area contributed by atoms with Crippen molar-refractivity contribution in [2.24, 2.45) is 0 Å². The second-order valence-corrected chi connectivity index (χ2v) is 2.74. The smallest absolute Gasteiger partial charge is 0.311 e. The molecular formula is C9H5F3O3. The Morgan fingerprint density at radius 3 is 2.13 bits per heavy atom. The molecule has 1 rings (SSSR count). The fourth-order valence-corrected chi connectivity index (χ4v) is 0.969. The van der Waals surface area contributed by atoms with E-state index >= 15 is 0 Å². The highest BCUT2D eigenvalue weighted by Gasteiger charge is 2.18. The van der Waals surface area contributed by atoms with Crippen LogP contribution in [0.4, 0.5) is 13.2 Å². The van der Waals surface area contributed by atoms with Crippen LogP contribution in [0.5, 0.6) is 0 Å². The molecule has 1 aromatic carbocycles. The van der Waals surface area contributed by atoms with Crippen molar-refractivity contribution in [2.45, 2.75) is 6.42 Å². The van der Waals surface area contributed by atoms with Gasteiger partial charge in [-0.15, -0.1) is 0 Å². The maximum absolute atomic E-state index is 12.9. The number of carboxylic acids is 1. The van der Waals surface area contributed by atoms with Crippen LogP contribution in [0, 0.1) is 17.5 Å². The summed E-state index contributed by atoms with van der Waals surface area (Å²) < 4.78 is 38.0. The van der Waals surface area contributed by atoms with Crippen LogP contribution in [0.25, 0.3) is 0 Å². The quantitative estimate of drug-likeness (QED) is 0.477. The first-order valence-corrected chi connectivity index (χ1v) is 3.81. The van der Waals surface area contributed by atoms with E-state index in [0.717, 1.165) is 0 Å². The Balaban J connectivity index is 3.09. The second kappa shape index (κ2) is 4.12. The molecule has 0 bridgehead atoms. The Hall–Kier alpha value is -1.85. The molecule has 1 aromatic rings. The molecule has 0 fully saturated rings. The molecule has 0 atom stereocenters. The Morgan fingerprint density at radius 2 is 1.60 bits per heavy atom. The summed E-state index contributed by atoms with van der Waals surface area (Å²) in [5.41, 5.74) is -0.767. The highest BCUT2D eigenvalue weighted by Crippen LogP contribution is 2.15. The van der Waals surface area contributed by atoms with E-state index in [-0.39, 0.29) is 6.07 Å². The van der Waals surface area contributed by atoms with Gasteiger partial charge in [0.1, 0.15) is 12.2 Å². The topological polar surface area (TPSA) is 54.4 Å². The predicted molar refractivity (Wildman–Crippen MR) is 42.9 cm³/mol. The minimum Gasteiger partial charge on any atom is -0.481 e. The van der Waals surface area contributed by atoms with Gasteiger partial charge in [0.2, 0.25) is 0 Å². The Kier molecular flexibility index (Phi) is 3.08. The van der Waals surface area contributed by atoms with Gasteiger partial charge in [-0.1, -0.05) is 0 Å². The molecule has 80 valence electrons. The minimum atomic E-state index is -1.47. The fourth-order valence-electron chi connectivity index (χ4n) is 0.969. The standard InChI is InChI=1S/C9H5F3O3/c10-5-2-7(12)6(11)1-4(5)8(13)3-9(14)15/h1-2H,3H2,(H,14,15). The van der Waals surface area contributed by atoms with Crippen molar-refractivity contribution >= 4 is 11.8 Å². The second-order valence-electron chi connectivity index (χ2n) is 2.74. The van der Waals surface area contributed by atoms with E-state index in [1.54, 1.807) is 0 Å². The number of halogens is 3. The third kappa shape index (κ3) is 2.55. The number of carbonyl (C=O) groups is 2. The fraction of sp³-hybridized carbons (Fsp3) is 0.111. The van der Waals surface area contributed by atoms with Crippen LogP contribution < -0.4 is 0 Å². The molecule has 0 unspecified atom stereocenters. The van der Waals surface area contributed by atoms with Gasteiger partial charge < -0.3 is 5.11 Å². The predicted octanol–water partition coefficient (Wildman–Crippen LogP) is 1.76. The van der Waals surface area contributed by atoms with Gasteiger partial charge in [-0.25, -0.2) is 13.2 Å². The summed E-state index contributed by atoms with van der Waals surface area (Å²) in [6, 6.07) is 0.542. The van der Waals surface area contributed by atoms with Crippen molar-refractivity contribution in [1.29, 1.82) is 0 Å². The average molecular weight is 218 g/mol. The number of carbonyl (C=O) groups excluding carboxylic acids is 1. The molecule has 1 N–H and O–H groups in total. The lowest BCUT2D eigenvalue weighted by Gasteiger charge is -2.01. The number of rotatable bonds is 3. The van der Waals surface area contributed by atoms with Gasteiger partial charge in [0.15, 0.2) is 17.4 Å². The van der Waals surface area contributed by atoms with Crippen LogP contribution in [-0.2, 0) is 4.79 Å². The maximum atomic E-state index is 12.9. The molecule has 0 saturated carbocycles. The average Bonchev–Trinajstić information content (AvgIpc) is 2.09. The van der Waals surface area contributed by atoms with Crippen molar-refractivity contribution in [3.05, 3.63) is 35.1 Å². The maximum Gasteiger partial charge on any atom is 0.311 e. The number of carboxylic acid groups (broad SMARTS) is 1. The van der Waals surface area contributed by atoms with Crippen molar-refractivity contribution in [3.63, 3.8) is 0 Å². The summed E-state index contributed by atoms with van der Waals surface area (Å²) in [5.74, 6) is -6.69. The summed E-state index contributed by atoms with van der Waals surface area (Å²) >= 11 is 0. The minimum absolute atomic E-state index is 0.199. The van der Waals surface area contributed by atoms with Crippen LogP contribution in [0.1, 0.15) is 16.8 Å². The van der Waals surface area contributed by atoms with Crippen LogP contribution in [0.2, 0.25) is 0 Å². The van der Waals surface area contributed by atoms with E-state index < -0.39 is 41.2 Å². The van der Waals surface area contributed by atoms with Crippen LogP contribution in [0.15, 0.2) is 12.1 Å². The number of aliphatic carboxylic acids is 1. The van der Waals surface area contributed by atoms with Crippen molar-refractivity contribution in [1.82, 2.24) is 0 Å². The lowest BCUT2D eigenvalue weighted by atomic mass is 10.1. The molecule has 0 amide bonds. The normalized spacial score (nSPS) is 10.1. The molecule has 0 aliphatic carbocycles. The van der Waals surface area contributed by atoms with Gasteiger partial charge >= 0.3 is 5.97 Å². The van der Waals surface area contributed by atoms with Gasteiger partial charge in [0.05, 0.1) is 5.56 Å². The SMILES string of the molecule is O=C(O)CC(=O)c1cc(F)c(F)cc1F. The van der Waals surface area contributed by atoms with Crippen LogP contribution >= 0.6 is 0 Å². The zero-order valence-corrected chi connectivity index (χ0v) is 7.26. The van der Waals surface area contributed by atoms with E-state index in [1.807, 2.05) is 0 Å². The summed E-state index contributed by atoms with van der Waals surface area (Å²) in [7, 11) is 0. The molecule has 0 aliphatic rings. The van der Waals surface area contributed by atoms with Crippen molar-refractivity contribution in [3.8, 4) is 0 Å². The molecule has 0 aliphatic heterocycles. The Bertz CT molecular complexity index is 429. The van der Waals surface area contributed by atoms with Gasteiger partial charge in [0.25, 0.3) is 0 Å². The van der Waals surface area contributed by atoms with Gasteiger partial charge in [-0.2, -0.15) is 0 Å². The first-order chi connectivity index (χ1) is 6.91. The summed E-state index contributed by atoms with van der Waals surface area (Å²) in [5, 5.41) is 8.25. The molecular weight excluding hydrogens is 213 g/mol. The summed E-state index contributed by atoms with van der Waals surface area (Å²) in [4.78, 5) is 21.2. The molecule has 0 spiro atoms. The number of Topliss-reactive ketones (excluding diaryl/α,β-unsaturated/α-hetero) is 1. The van der Waals surface area contributed by atoms with E-state index in [2.05, 4.69) is 0 Å². The molecule has 0 saturated heterocycles. The third-order valence-electron chi connectivity index (χ3n) is 1.62. The lowest BCUT2D eigenvalue weighted by molar-refractivity contribution is -0.135. The third-order valence-corrected chi connectivity index (χ3v) is 1.62. The zero-order chi connectivity index (χ0) is 11.6. The highest BCUT2D eigenvalue weighted by atomic mass is 19.2. The summed E-state index contributed by atoms with van der Waals surface area (Å²) in [6.45, 7) is 0. The van der Waals surface area contributed by atoms with Crippen molar-refractivity contribution < 1.29 is 27.9 Å². The van der Waals surface area contributed by atoms with E-state index in [0.29, 0.717) is 6.07 Å². The van der Waals surface area contributed by atoms with E-state index in [4.69, 9.17) is 5.11 Å². The zero-order valence-electron chi connectivity index (χ0n) is 7.26. The largest absolute Gasteiger partial charge is 0.481 e. The molecule has 0 radical (unpaired) electrons. The van der Waals surface area contributed by atoms with Gasteiger partial charge in [0, 0.05) is 6.07 Å². The van der Waals surface area contributed by atoms with E-state index in [1.165, 1.54) is 0 Å². The van der Waals surface area contributed by atoms with Crippen molar-refractivity contribution in [2.75, 3.05) is 0 Å². The molecule has 6 heteroatoms. The first-order valence-electron chi connectivity index (χ1n) is 3.81. The molecule has 0 aromatic heterocycles. The van der Waals surface area contributed by atoms with Gasteiger partial charge in [-0.3, -0.25) is 9.59 Å².